The Hall–Kier alpha value is -4.72. The summed E-state index contributed by atoms with van der Waals surface area (Å²) in [5.41, 5.74) is -5.37. The molecular formula is C26H24F6N6O5. The molecule has 5 N–H and O–H groups in total. The molecule has 1 fully saturated rings. The number of rotatable bonds is 8. The molecular weight excluding hydrogens is 590 g/mol. The minimum absolute atomic E-state index is 0.168. The summed E-state index contributed by atoms with van der Waals surface area (Å²) < 4.78 is 79.6. The molecule has 1 saturated heterocycles. The topological polar surface area (TPSA) is 173 Å². The maximum absolute atomic E-state index is 13.3. The zero-order chi connectivity index (χ0) is 32.3. The Balaban J connectivity index is 1.97. The summed E-state index contributed by atoms with van der Waals surface area (Å²) in [5, 5.41) is 29.0. The van der Waals surface area contributed by atoms with Crippen molar-refractivity contribution in [1.82, 2.24) is 20.9 Å². The Morgan fingerprint density at radius 2 is 1.70 bits per heavy atom. The third kappa shape index (κ3) is 7.97. The number of carbonyl (C=O) groups excluding carboxylic acids is 4. The maximum atomic E-state index is 13.3. The van der Waals surface area contributed by atoms with Crippen molar-refractivity contribution in [3.05, 3.63) is 58.3 Å². The van der Waals surface area contributed by atoms with Gasteiger partial charge in [0.25, 0.3) is 17.7 Å². The number of aromatic nitrogens is 1. The molecule has 0 spiro atoms. The Morgan fingerprint density at radius 1 is 1.09 bits per heavy atom. The van der Waals surface area contributed by atoms with E-state index in [1.807, 2.05) is 5.32 Å². The van der Waals surface area contributed by atoms with Crippen LogP contribution in [0.15, 0.2) is 30.5 Å². The molecule has 17 heteroatoms. The van der Waals surface area contributed by atoms with E-state index in [1.54, 1.807) is 13.0 Å². The number of nitrogens with zero attached hydrogens (tertiary/aromatic N) is 2. The van der Waals surface area contributed by atoms with Crippen molar-refractivity contribution in [3.63, 3.8) is 0 Å². The maximum Gasteiger partial charge on any atom is 0.416 e. The molecule has 2 heterocycles. The second-order valence-corrected chi connectivity index (χ2v) is 9.70. The van der Waals surface area contributed by atoms with E-state index >= 15 is 0 Å². The van der Waals surface area contributed by atoms with E-state index in [0.29, 0.717) is 6.42 Å². The first kappa shape index (κ1) is 32.8. The van der Waals surface area contributed by atoms with Crippen LogP contribution >= 0.6 is 0 Å². The third-order valence-electron chi connectivity index (χ3n) is 6.49. The van der Waals surface area contributed by atoms with Gasteiger partial charge in [0.15, 0.2) is 6.10 Å². The lowest BCUT2D eigenvalue weighted by Gasteiger charge is -2.25. The molecule has 1 aliphatic rings. The number of benzene rings is 1. The van der Waals surface area contributed by atoms with Gasteiger partial charge in [-0.05, 0) is 44.0 Å². The van der Waals surface area contributed by atoms with Crippen LogP contribution in [0.1, 0.15) is 57.2 Å². The van der Waals surface area contributed by atoms with E-state index in [2.05, 4.69) is 20.9 Å². The second-order valence-electron chi connectivity index (χ2n) is 9.70. The molecule has 3 rings (SSSR count). The SMILES string of the molecule is CNC(=O)C(O)C(C[C@@H]1C[C@@H](C)NC1=O)NC(=O)c1cc(C#N)cnc1NC(=O)c1cc(C(F)(F)F)cc(C(F)(F)F)c1. The van der Waals surface area contributed by atoms with Gasteiger partial charge < -0.3 is 26.4 Å². The number of hydrogen-bond donors (Lipinski definition) is 5. The zero-order valence-corrected chi connectivity index (χ0v) is 22.4. The second kappa shape index (κ2) is 12.7. The van der Waals surface area contributed by atoms with E-state index in [4.69, 9.17) is 0 Å². The van der Waals surface area contributed by atoms with Crippen molar-refractivity contribution in [3.8, 4) is 6.07 Å². The van der Waals surface area contributed by atoms with Crippen molar-refractivity contribution in [2.75, 3.05) is 12.4 Å². The summed E-state index contributed by atoms with van der Waals surface area (Å²) in [6.45, 7) is 1.72. The first-order valence-corrected chi connectivity index (χ1v) is 12.5. The Labute approximate surface area is 239 Å². The predicted octanol–water partition coefficient (Wildman–Crippen LogP) is 2.36. The number of carbonyl (C=O) groups is 4. The van der Waals surface area contributed by atoms with Crippen LogP contribution in [-0.2, 0) is 21.9 Å². The predicted molar refractivity (Wildman–Crippen MR) is 135 cm³/mol. The van der Waals surface area contributed by atoms with E-state index < -0.39 is 82.1 Å². The van der Waals surface area contributed by atoms with Gasteiger partial charge in [-0.25, -0.2) is 4.98 Å². The average Bonchev–Trinajstić information content (AvgIpc) is 3.26. The molecule has 0 radical (unpaired) electrons. The van der Waals surface area contributed by atoms with Gasteiger partial charge in [-0.2, -0.15) is 31.6 Å². The summed E-state index contributed by atoms with van der Waals surface area (Å²) in [6.07, 6.45) is -11.4. The molecule has 1 aromatic heterocycles. The highest BCUT2D eigenvalue weighted by molar-refractivity contribution is 6.08. The number of hydrogen-bond acceptors (Lipinski definition) is 7. The molecule has 2 unspecified atom stereocenters. The molecule has 2 aromatic rings. The number of anilines is 1. The summed E-state index contributed by atoms with van der Waals surface area (Å²) in [6, 6.07) is 1.18. The molecule has 1 aliphatic heterocycles. The van der Waals surface area contributed by atoms with Gasteiger partial charge in [0.2, 0.25) is 5.91 Å². The summed E-state index contributed by atoms with van der Waals surface area (Å²) in [5.74, 6) is -5.32. The van der Waals surface area contributed by atoms with Crippen molar-refractivity contribution in [2.24, 2.45) is 5.92 Å². The van der Waals surface area contributed by atoms with Crippen LogP contribution in [0.2, 0.25) is 0 Å². The fourth-order valence-corrected chi connectivity index (χ4v) is 4.37. The van der Waals surface area contributed by atoms with Crippen LogP contribution < -0.4 is 21.3 Å². The number of halogens is 6. The highest BCUT2D eigenvalue weighted by Crippen LogP contribution is 2.36. The normalized spacial score (nSPS) is 18.2. The van der Waals surface area contributed by atoms with Gasteiger partial charge >= 0.3 is 12.4 Å². The number of aliphatic hydroxyl groups is 1. The van der Waals surface area contributed by atoms with Crippen LogP contribution in [0.3, 0.4) is 0 Å². The van der Waals surface area contributed by atoms with Gasteiger partial charge in [0.05, 0.1) is 28.3 Å². The van der Waals surface area contributed by atoms with Crippen LogP contribution in [0.4, 0.5) is 32.2 Å². The van der Waals surface area contributed by atoms with Crippen molar-refractivity contribution >= 4 is 29.4 Å². The average molecular weight is 615 g/mol. The highest BCUT2D eigenvalue weighted by atomic mass is 19.4. The molecule has 0 saturated carbocycles. The van der Waals surface area contributed by atoms with Crippen molar-refractivity contribution in [1.29, 1.82) is 5.26 Å². The number of likely N-dealkylation sites (N-methyl/N-ethyl adjacent to an activating group) is 1. The quantitative estimate of drug-likeness (QED) is 0.284. The summed E-state index contributed by atoms with van der Waals surface area (Å²) in [4.78, 5) is 54.3. The van der Waals surface area contributed by atoms with Gasteiger partial charge in [-0.15, -0.1) is 0 Å². The Kier molecular flexibility index (Phi) is 9.65. The Bertz CT molecular complexity index is 1440. The van der Waals surface area contributed by atoms with E-state index in [-0.39, 0.29) is 36.2 Å². The van der Waals surface area contributed by atoms with Crippen LogP contribution in [0.25, 0.3) is 0 Å². The van der Waals surface area contributed by atoms with Crippen molar-refractivity contribution < 1.29 is 50.6 Å². The monoisotopic (exact) mass is 614 g/mol. The van der Waals surface area contributed by atoms with Crippen LogP contribution in [-0.4, -0.2) is 59.0 Å². The molecule has 230 valence electrons. The highest BCUT2D eigenvalue weighted by Gasteiger charge is 2.39. The standard InChI is InChI=1S/C26H24F6N6O5/c1-11-3-13(21(40)36-11)7-18(19(39)24(43)34-2)37-23(42)17-4-12(9-33)10-35-20(17)38-22(41)14-5-15(25(27,28)29)8-16(6-14)26(30,31)32/h4-6,8,10-11,13,18-19,39H,3,7H2,1-2H3,(H,34,43)(H,36,40)(H,37,42)(H,35,38,41)/t11-,13+,18?,19?/m1/s1. The lowest BCUT2D eigenvalue weighted by atomic mass is 9.93. The minimum Gasteiger partial charge on any atom is -0.381 e. The van der Waals surface area contributed by atoms with Gasteiger partial charge in [-0.3, -0.25) is 19.2 Å². The van der Waals surface area contributed by atoms with Crippen molar-refractivity contribution in [2.45, 2.75) is 50.3 Å². The molecule has 11 nitrogen and oxygen atoms in total. The van der Waals surface area contributed by atoms with Crippen LogP contribution in [0.5, 0.6) is 0 Å². The van der Waals surface area contributed by atoms with E-state index in [1.165, 1.54) is 7.05 Å². The largest absolute Gasteiger partial charge is 0.416 e. The first-order valence-electron chi connectivity index (χ1n) is 12.5. The molecule has 1 aromatic carbocycles. The molecule has 4 atom stereocenters. The first-order chi connectivity index (χ1) is 19.9. The van der Waals surface area contributed by atoms with Gasteiger partial charge in [0.1, 0.15) is 11.9 Å². The minimum atomic E-state index is -5.23. The number of nitrogens with one attached hydrogen (secondary N) is 4. The number of amides is 4. The Morgan fingerprint density at radius 3 is 2.19 bits per heavy atom. The number of pyridine rings is 1. The number of aliphatic hydroxyl groups excluding tert-OH is 1. The molecule has 43 heavy (non-hydrogen) atoms. The molecule has 0 bridgehead atoms. The van der Waals surface area contributed by atoms with Gasteiger partial charge in [-0.1, -0.05) is 0 Å². The number of nitriles is 1. The summed E-state index contributed by atoms with van der Waals surface area (Å²) >= 11 is 0. The third-order valence-corrected chi connectivity index (χ3v) is 6.49. The fourth-order valence-electron chi connectivity index (χ4n) is 4.37. The zero-order valence-electron chi connectivity index (χ0n) is 22.4. The lowest BCUT2D eigenvalue weighted by molar-refractivity contribution is -0.143. The van der Waals surface area contributed by atoms with E-state index in [9.17, 15) is 55.9 Å². The van der Waals surface area contributed by atoms with Gasteiger partial charge in [0, 0.05) is 30.8 Å². The van der Waals surface area contributed by atoms with Crippen LogP contribution in [0, 0.1) is 17.2 Å². The smallest absolute Gasteiger partial charge is 0.381 e. The lowest BCUT2D eigenvalue weighted by Crippen LogP contribution is -2.51. The van der Waals surface area contributed by atoms with E-state index in [0.717, 1.165) is 12.3 Å². The molecule has 0 aliphatic carbocycles. The summed E-state index contributed by atoms with van der Waals surface area (Å²) in [7, 11) is 1.21. The number of alkyl halides is 6. The fraction of sp³-hybridized carbons (Fsp3) is 0.385. The molecule has 4 amide bonds.